The van der Waals surface area contributed by atoms with E-state index >= 15 is 0 Å². The van der Waals surface area contributed by atoms with E-state index < -0.39 is 0 Å². The first-order valence-corrected chi connectivity index (χ1v) is 7.00. The number of hydrogen-bond donors (Lipinski definition) is 0. The summed E-state index contributed by atoms with van der Waals surface area (Å²) in [5.41, 5.74) is 1.06. The number of amides is 1. The molecule has 1 unspecified atom stereocenters. The number of carbonyl (C=O) groups is 2. The standard InChI is InChI=1S/C13H14ClNO2S/c1-9(16)18-12-6-13(17)15(8-12)7-10-2-4-11(14)5-3-10/h2-5,12H,6-8H2,1H3. The maximum Gasteiger partial charge on any atom is 0.224 e. The molecule has 0 saturated carbocycles. The van der Waals surface area contributed by atoms with Gasteiger partial charge >= 0.3 is 0 Å². The molecule has 0 radical (unpaired) electrons. The molecule has 5 heteroatoms. The molecular weight excluding hydrogens is 270 g/mol. The summed E-state index contributed by atoms with van der Waals surface area (Å²) in [6.45, 7) is 2.77. The van der Waals surface area contributed by atoms with Crippen LogP contribution >= 0.6 is 23.4 Å². The summed E-state index contributed by atoms with van der Waals surface area (Å²) in [6, 6.07) is 7.47. The lowest BCUT2D eigenvalue weighted by Gasteiger charge is -2.16. The number of hydrogen-bond acceptors (Lipinski definition) is 3. The molecule has 18 heavy (non-hydrogen) atoms. The highest BCUT2D eigenvalue weighted by Crippen LogP contribution is 2.25. The summed E-state index contributed by atoms with van der Waals surface area (Å²) in [6.07, 6.45) is 0.456. The lowest BCUT2D eigenvalue weighted by atomic mass is 10.2. The third-order valence-corrected chi connectivity index (χ3v) is 4.03. The Hall–Kier alpha value is -1.00. The second-order valence-electron chi connectivity index (χ2n) is 4.34. The molecule has 1 saturated heterocycles. The number of benzene rings is 1. The van der Waals surface area contributed by atoms with E-state index in [9.17, 15) is 9.59 Å². The molecule has 96 valence electrons. The Kier molecular flexibility index (Phi) is 4.30. The van der Waals surface area contributed by atoms with Crippen molar-refractivity contribution in [3.05, 3.63) is 34.9 Å². The minimum Gasteiger partial charge on any atom is -0.337 e. The van der Waals surface area contributed by atoms with Crippen molar-refractivity contribution in [3.63, 3.8) is 0 Å². The van der Waals surface area contributed by atoms with Crippen LogP contribution in [-0.2, 0) is 16.1 Å². The molecule has 0 aromatic heterocycles. The van der Waals surface area contributed by atoms with Crippen molar-refractivity contribution in [2.24, 2.45) is 0 Å². The second-order valence-corrected chi connectivity index (χ2v) is 6.25. The van der Waals surface area contributed by atoms with Gasteiger partial charge in [-0.05, 0) is 17.7 Å². The summed E-state index contributed by atoms with van der Waals surface area (Å²) in [4.78, 5) is 24.6. The van der Waals surface area contributed by atoms with Gasteiger partial charge in [-0.3, -0.25) is 9.59 Å². The molecule has 1 atom stereocenters. The molecule has 0 bridgehead atoms. The molecule has 0 spiro atoms. The second kappa shape index (κ2) is 5.76. The van der Waals surface area contributed by atoms with Crippen LogP contribution < -0.4 is 0 Å². The number of nitrogens with zero attached hydrogens (tertiary/aromatic N) is 1. The first-order chi connectivity index (χ1) is 8.54. The van der Waals surface area contributed by atoms with Crippen molar-refractivity contribution in [2.45, 2.75) is 25.1 Å². The van der Waals surface area contributed by atoms with Gasteiger partial charge in [-0.25, -0.2) is 0 Å². The minimum atomic E-state index is 0.0705. The molecule has 0 N–H and O–H groups in total. The van der Waals surface area contributed by atoms with Gasteiger partial charge in [0.1, 0.15) is 0 Å². The van der Waals surface area contributed by atoms with Crippen molar-refractivity contribution in [1.29, 1.82) is 0 Å². The monoisotopic (exact) mass is 283 g/mol. The van der Waals surface area contributed by atoms with E-state index in [1.807, 2.05) is 24.3 Å². The van der Waals surface area contributed by atoms with Crippen molar-refractivity contribution >= 4 is 34.4 Å². The highest BCUT2D eigenvalue weighted by atomic mass is 35.5. The van der Waals surface area contributed by atoms with E-state index in [4.69, 9.17) is 11.6 Å². The molecule has 3 nitrogen and oxygen atoms in total. The fourth-order valence-electron chi connectivity index (χ4n) is 2.01. The van der Waals surface area contributed by atoms with Crippen LogP contribution in [0.4, 0.5) is 0 Å². The zero-order chi connectivity index (χ0) is 13.1. The van der Waals surface area contributed by atoms with Gasteiger partial charge in [0.25, 0.3) is 0 Å². The molecule has 1 aliphatic rings. The number of halogens is 1. The molecule has 1 amide bonds. The first-order valence-electron chi connectivity index (χ1n) is 5.74. The Morgan fingerprint density at radius 2 is 2.11 bits per heavy atom. The average molecular weight is 284 g/mol. The van der Waals surface area contributed by atoms with Gasteiger partial charge in [0.15, 0.2) is 5.12 Å². The largest absolute Gasteiger partial charge is 0.337 e. The Labute approximate surface area is 115 Å². The zero-order valence-corrected chi connectivity index (χ0v) is 11.6. The van der Waals surface area contributed by atoms with Gasteiger partial charge in [0.2, 0.25) is 5.91 Å². The van der Waals surface area contributed by atoms with Crippen molar-refractivity contribution in [2.75, 3.05) is 6.54 Å². The summed E-state index contributed by atoms with van der Waals surface area (Å²) >= 11 is 7.08. The van der Waals surface area contributed by atoms with Crippen molar-refractivity contribution in [1.82, 2.24) is 4.90 Å². The number of rotatable bonds is 3. The van der Waals surface area contributed by atoms with Gasteiger partial charge in [-0.2, -0.15) is 0 Å². The van der Waals surface area contributed by atoms with Crippen LogP contribution in [0.2, 0.25) is 5.02 Å². The number of carbonyl (C=O) groups excluding carboxylic acids is 2. The molecule has 1 fully saturated rings. The third kappa shape index (κ3) is 3.50. The summed E-state index contributed by atoms with van der Waals surface area (Å²) in [5, 5.41) is 0.861. The molecule has 0 aliphatic carbocycles. The van der Waals surface area contributed by atoms with E-state index in [1.54, 1.807) is 4.90 Å². The van der Waals surface area contributed by atoms with Crippen LogP contribution in [-0.4, -0.2) is 27.7 Å². The van der Waals surface area contributed by atoms with Crippen LogP contribution in [0.3, 0.4) is 0 Å². The summed E-state index contributed by atoms with van der Waals surface area (Å²) in [5.74, 6) is 0.115. The van der Waals surface area contributed by atoms with Gasteiger partial charge in [-0.1, -0.05) is 35.5 Å². The average Bonchev–Trinajstić information content (AvgIpc) is 2.61. The molecule has 1 aliphatic heterocycles. The fourth-order valence-corrected chi connectivity index (χ4v) is 3.09. The number of thioether (sulfide) groups is 1. The fraction of sp³-hybridized carbons (Fsp3) is 0.385. The maximum atomic E-state index is 11.8. The van der Waals surface area contributed by atoms with E-state index in [-0.39, 0.29) is 16.3 Å². The van der Waals surface area contributed by atoms with Crippen LogP contribution in [0.5, 0.6) is 0 Å². The SMILES string of the molecule is CC(=O)SC1CC(=O)N(Cc2ccc(Cl)cc2)C1. The molecule has 2 rings (SSSR count). The summed E-state index contributed by atoms with van der Waals surface area (Å²) in [7, 11) is 0. The minimum absolute atomic E-state index is 0.0705. The van der Waals surface area contributed by atoms with Crippen LogP contribution in [0, 0.1) is 0 Å². The van der Waals surface area contributed by atoms with Crippen LogP contribution in [0.25, 0.3) is 0 Å². The Morgan fingerprint density at radius 1 is 1.44 bits per heavy atom. The third-order valence-electron chi connectivity index (χ3n) is 2.80. The molecular formula is C13H14ClNO2S. The molecule has 1 aromatic carbocycles. The van der Waals surface area contributed by atoms with Crippen LogP contribution in [0.1, 0.15) is 18.9 Å². The quantitative estimate of drug-likeness (QED) is 0.856. The van der Waals surface area contributed by atoms with Crippen LogP contribution in [0.15, 0.2) is 24.3 Å². The topological polar surface area (TPSA) is 37.4 Å². The van der Waals surface area contributed by atoms with E-state index in [1.165, 1.54) is 18.7 Å². The van der Waals surface area contributed by atoms with Crippen molar-refractivity contribution < 1.29 is 9.59 Å². The Morgan fingerprint density at radius 3 is 2.72 bits per heavy atom. The number of likely N-dealkylation sites (tertiary alicyclic amines) is 1. The predicted molar refractivity (Wildman–Crippen MR) is 73.5 cm³/mol. The van der Waals surface area contributed by atoms with E-state index in [0.29, 0.717) is 24.5 Å². The lowest BCUT2D eigenvalue weighted by Crippen LogP contribution is -2.24. The van der Waals surface area contributed by atoms with Crippen molar-refractivity contribution in [3.8, 4) is 0 Å². The van der Waals surface area contributed by atoms with Gasteiger partial charge in [-0.15, -0.1) is 0 Å². The predicted octanol–water partition coefficient (Wildman–Crippen LogP) is 2.72. The summed E-state index contributed by atoms with van der Waals surface area (Å²) < 4.78 is 0. The van der Waals surface area contributed by atoms with E-state index in [0.717, 1.165) is 5.56 Å². The van der Waals surface area contributed by atoms with Gasteiger partial charge < -0.3 is 4.90 Å². The van der Waals surface area contributed by atoms with E-state index in [2.05, 4.69) is 0 Å². The Balaban J connectivity index is 1.96. The molecule has 1 heterocycles. The highest BCUT2D eigenvalue weighted by Gasteiger charge is 2.30. The molecule has 1 aromatic rings. The maximum absolute atomic E-state index is 11.8. The zero-order valence-electron chi connectivity index (χ0n) is 10.1. The van der Waals surface area contributed by atoms with Gasteiger partial charge in [0, 0.05) is 36.7 Å². The highest BCUT2D eigenvalue weighted by molar-refractivity contribution is 8.14. The van der Waals surface area contributed by atoms with Gasteiger partial charge in [0.05, 0.1) is 0 Å². The first kappa shape index (κ1) is 13.4. The normalized spacial score (nSPS) is 19.3. The lowest BCUT2D eigenvalue weighted by molar-refractivity contribution is -0.128. The smallest absolute Gasteiger partial charge is 0.224 e. The Bertz CT molecular complexity index is 461.